The predicted molar refractivity (Wildman–Crippen MR) is 75.8 cm³/mol. The van der Waals surface area contributed by atoms with Crippen LogP contribution in [0.5, 0.6) is 5.75 Å². The van der Waals surface area contributed by atoms with Crippen LogP contribution in [0.2, 0.25) is 0 Å². The topological polar surface area (TPSA) is 47.3 Å². The number of benzene rings is 1. The molecule has 2 aromatic rings. The van der Waals surface area contributed by atoms with Crippen molar-refractivity contribution in [3.8, 4) is 5.75 Å². The van der Waals surface area contributed by atoms with Gasteiger partial charge in [-0.05, 0) is 42.0 Å². The van der Waals surface area contributed by atoms with Crippen LogP contribution in [0.4, 0.5) is 0 Å². The second-order valence-electron chi connectivity index (χ2n) is 4.23. The molecule has 1 unspecified atom stereocenters. The van der Waals surface area contributed by atoms with Crippen molar-refractivity contribution in [3.05, 3.63) is 51.7 Å². The third-order valence-corrected chi connectivity index (χ3v) is 3.85. The van der Waals surface area contributed by atoms with Gasteiger partial charge in [-0.25, -0.2) is 0 Å². The van der Waals surface area contributed by atoms with Crippen molar-refractivity contribution in [2.75, 3.05) is 7.11 Å². The van der Waals surface area contributed by atoms with Gasteiger partial charge in [-0.3, -0.25) is 11.3 Å². The van der Waals surface area contributed by atoms with E-state index in [1.54, 1.807) is 18.4 Å². The molecule has 0 amide bonds. The monoisotopic (exact) mass is 262 g/mol. The van der Waals surface area contributed by atoms with E-state index in [2.05, 4.69) is 29.9 Å². The molecule has 0 spiro atoms. The van der Waals surface area contributed by atoms with Gasteiger partial charge in [0.2, 0.25) is 0 Å². The Bertz CT molecular complexity index is 510. The maximum Gasteiger partial charge on any atom is 0.122 e. The number of methoxy groups -OCH3 is 1. The molecular weight excluding hydrogens is 244 g/mol. The van der Waals surface area contributed by atoms with Gasteiger partial charge < -0.3 is 4.74 Å². The normalized spacial score (nSPS) is 12.4. The lowest BCUT2D eigenvalue weighted by atomic mass is 10.0. The standard InChI is InChI=1S/C14H18N2OS/c1-10-7-12(9-18-10)13(16-15)8-11-5-3-4-6-14(11)17-2/h3-7,9,13,16H,8,15H2,1-2H3. The number of thiophene rings is 1. The first-order valence-electron chi connectivity index (χ1n) is 5.87. The van der Waals surface area contributed by atoms with Gasteiger partial charge in [0.15, 0.2) is 0 Å². The molecule has 0 saturated carbocycles. The summed E-state index contributed by atoms with van der Waals surface area (Å²) in [5, 5.41) is 2.15. The minimum atomic E-state index is 0.117. The van der Waals surface area contributed by atoms with E-state index >= 15 is 0 Å². The fourth-order valence-electron chi connectivity index (χ4n) is 2.01. The van der Waals surface area contributed by atoms with Gasteiger partial charge in [0.25, 0.3) is 0 Å². The molecule has 96 valence electrons. The molecule has 1 atom stereocenters. The number of aryl methyl sites for hydroxylation is 1. The first-order chi connectivity index (χ1) is 8.74. The first kappa shape index (κ1) is 13.1. The lowest BCUT2D eigenvalue weighted by Gasteiger charge is -2.16. The van der Waals surface area contributed by atoms with Crippen molar-refractivity contribution in [1.29, 1.82) is 0 Å². The number of ether oxygens (including phenoxy) is 1. The van der Waals surface area contributed by atoms with Crippen LogP contribution >= 0.6 is 11.3 Å². The number of rotatable bonds is 5. The number of nitrogens with one attached hydrogen (secondary N) is 1. The molecule has 1 aromatic heterocycles. The summed E-state index contributed by atoms with van der Waals surface area (Å²) in [6.07, 6.45) is 0.816. The zero-order chi connectivity index (χ0) is 13.0. The van der Waals surface area contributed by atoms with Crippen molar-refractivity contribution in [3.63, 3.8) is 0 Å². The van der Waals surface area contributed by atoms with Gasteiger partial charge in [-0.1, -0.05) is 18.2 Å². The Balaban J connectivity index is 2.20. The number of hydrogen-bond acceptors (Lipinski definition) is 4. The summed E-state index contributed by atoms with van der Waals surface area (Å²) in [5.74, 6) is 6.57. The van der Waals surface area contributed by atoms with E-state index in [4.69, 9.17) is 10.6 Å². The third kappa shape index (κ3) is 2.90. The quantitative estimate of drug-likeness (QED) is 0.643. The molecule has 0 aliphatic carbocycles. The van der Waals surface area contributed by atoms with Crippen LogP contribution in [0.3, 0.4) is 0 Å². The van der Waals surface area contributed by atoms with Crippen LogP contribution in [0.15, 0.2) is 35.7 Å². The van der Waals surface area contributed by atoms with Crippen LogP contribution in [0, 0.1) is 6.92 Å². The van der Waals surface area contributed by atoms with E-state index in [0.717, 1.165) is 17.7 Å². The summed E-state index contributed by atoms with van der Waals surface area (Å²) >= 11 is 1.74. The van der Waals surface area contributed by atoms with Gasteiger partial charge in [-0.15, -0.1) is 11.3 Å². The highest BCUT2D eigenvalue weighted by Crippen LogP contribution is 2.26. The Morgan fingerprint density at radius 3 is 2.78 bits per heavy atom. The van der Waals surface area contributed by atoms with Crippen molar-refractivity contribution in [2.24, 2.45) is 5.84 Å². The van der Waals surface area contributed by atoms with Crippen LogP contribution in [-0.2, 0) is 6.42 Å². The molecule has 1 aromatic carbocycles. The zero-order valence-corrected chi connectivity index (χ0v) is 11.5. The SMILES string of the molecule is COc1ccccc1CC(NN)c1csc(C)c1. The van der Waals surface area contributed by atoms with E-state index < -0.39 is 0 Å². The second kappa shape index (κ2) is 6.00. The lowest BCUT2D eigenvalue weighted by molar-refractivity contribution is 0.405. The van der Waals surface area contributed by atoms with Gasteiger partial charge in [0, 0.05) is 4.88 Å². The minimum absolute atomic E-state index is 0.117. The highest BCUT2D eigenvalue weighted by Gasteiger charge is 2.14. The Labute approximate surface area is 112 Å². The summed E-state index contributed by atoms with van der Waals surface area (Å²) in [5.41, 5.74) is 5.27. The van der Waals surface area contributed by atoms with Crippen molar-refractivity contribution in [2.45, 2.75) is 19.4 Å². The molecule has 0 fully saturated rings. The van der Waals surface area contributed by atoms with Crippen molar-refractivity contribution >= 4 is 11.3 Å². The Hall–Kier alpha value is -1.36. The minimum Gasteiger partial charge on any atom is -0.496 e. The first-order valence-corrected chi connectivity index (χ1v) is 6.75. The second-order valence-corrected chi connectivity index (χ2v) is 5.34. The van der Waals surface area contributed by atoms with Crippen molar-refractivity contribution in [1.82, 2.24) is 5.43 Å². The third-order valence-electron chi connectivity index (χ3n) is 2.97. The number of hydrogen-bond donors (Lipinski definition) is 2. The summed E-state index contributed by atoms with van der Waals surface area (Å²) in [7, 11) is 1.69. The van der Waals surface area contributed by atoms with Crippen molar-refractivity contribution < 1.29 is 4.74 Å². The Morgan fingerprint density at radius 1 is 1.39 bits per heavy atom. The van der Waals surface area contributed by atoms with E-state index in [1.807, 2.05) is 18.2 Å². The van der Waals surface area contributed by atoms with E-state index in [0.29, 0.717) is 0 Å². The van der Waals surface area contributed by atoms with Gasteiger partial charge in [0.1, 0.15) is 5.75 Å². The van der Waals surface area contributed by atoms with Gasteiger partial charge in [-0.2, -0.15) is 0 Å². The number of para-hydroxylation sites is 1. The maximum atomic E-state index is 5.67. The number of nitrogens with two attached hydrogens (primary N) is 1. The molecule has 3 nitrogen and oxygen atoms in total. The Morgan fingerprint density at radius 2 is 2.17 bits per heavy atom. The molecular formula is C14H18N2OS. The molecule has 1 heterocycles. The van der Waals surface area contributed by atoms with E-state index in [1.165, 1.54) is 10.4 Å². The maximum absolute atomic E-state index is 5.67. The molecule has 0 aliphatic rings. The van der Waals surface area contributed by atoms with Gasteiger partial charge >= 0.3 is 0 Å². The van der Waals surface area contributed by atoms with Gasteiger partial charge in [0.05, 0.1) is 13.2 Å². The Kier molecular flexibility index (Phi) is 4.36. The average molecular weight is 262 g/mol. The summed E-state index contributed by atoms with van der Waals surface area (Å²) < 4.78 is 5.37. The molecule has 0 aliphatic heterocycles. The largest absolute Gasteiger partial charge is 0.496 e. The van der Waals surface area contributed by atoms with E-state index in [9.17, 15) is 0 Å². The molecule has 0 radical (unpaired) electrons. The molecule has 3 N–H and O–H groups in total. The van der Waals surface area contributed by atoms with Crippen LogP contribution in [-0.4, -0.2) is 7.11 Å². The van der Waals surface area contributed by atoms with E-state index in [-0.39, 0.29) is 6.04 Å². The molecule has 2 rings (SSSR count). The summed E-state index contributed by atoms with van der Waals surface area (Å²) in [4.78, 5) is 1.30. The average Bonchev–Trinajstić information content (AvgIpc) is 2.83. The molecule has 0 bridgehead atoms. The highest BCUT2D eigenvalue weighted by atomic mass is 32.1. The zero-order valence-electron chi connectivity index (χ0n) is 10.6. The lowest BCUT2D eigenvalue weighted by Crippen LogP contribution is -2.29. The molecule has 4 heteroatoms. The fraction of sp³-hybridized carbons (Fsp3) is 0.286. The smallest absolute Gasteiger partial charge is 0.122 e. The summed E-state index contributed by atoms with van der Waals surface area (Å²) in [6, 6.07) is 10.3. The fourth-order valence-corrected chi connectivity index (χ4v) is 2.77. The molecule has 0 saturated heterocycles. The van der Waals surface area contributed by atoms with Crippen LogP contribution < -0.4 is 16.0 Å². The predicted octanol–water partition coefficient (Wildman–Crippen LogP) is 2.81. The molecule has 18 heavy (non-hydrogen) atoms. The highest BCUT2D eigenvalue weighted by molar-refractivity contribution is 7.10. The van der Waals surface area contributed by atoms with Crippen LogP contribution in [0.1, 0.15) is 22.0 Å². The summed E-state index contributed by atoms with van der Waals surface area (Å²) in [6.45, 7) is 2.10. The van der Waals surface area contributed by atoms with Crippen LogP contribution in [0.25, 0.3) is 0 Å². The number of hydrazine groups is 1.